The topological polar surface area (TPSA) is 46.3 Å². The van der Waals surface area contributed by atoms with Crippen LogP contribution in [0.3, 0.4) is 0 Å². The van der Waals surface area contributed by atoms with Gasteiger partial charge in [-0.15, -0.1) is 0 Å². The zero-order valence-electron chi connectivity index (χ0n) is 15.9. The minimum atomic E-state index is -0.331. The van der Waals surface area contributed by atoms with Crippen molar-refractivity contribution in [3.8, 4) is 0 Å². The Morgan fingerprint density at radius 1 is 0.857 bits per heavy atom. The smallest absolute Gasteiger partial charge is 0.259 e. The largest absolute Gasteiger partial charge is 0.438 e. The fraction of sp³-hybridized carbons (Fsp3) is 0.167. The van der Waals surface area contributed by atoms with E-state index < -0.39 is 0 Å². The molecule has 1 amide bonds. The highest BCUT2D eigenvalue weighted by Gasteiger charge is 2.33. The molecule has 140 valence electrons. The number of anilines is 1. The van der Waals surface area contributed by atoms with Crippen LogP contribution in [0, 0.1) is 5.92 Å². The first-order chi connectivity index (χ1) is 13.6. The van der Waals surface area contributed by atoms with Gasteiger partial charge in [-0.05, 0) is 42.3 Å². The normalized spacial score (nSPS) is 12.2. The van der Waals surface area contributed by atoms with E-state index >= 15 is 0 Å². The number of carbonyl (C=O) groups is 1. The minimum Gasteiger partial charge on any atom is -0.438 e. The zero-order valence-corrected chi connectivity index (χ0v) is 15.9. The fourth-order valence-electron chi connectivity index (χ4n) is 3.42. The summed E-state index contributed by atoms with van der Waals surface area (Å²) in [5.41, 5.74) is 2.97. The molecule has 4 heteroatoms. The Labute approximate surface area is 164 Å². The van der Waals surface area contributed by atoms with Gasteiger partial charge in [0.15, 0.2) is 5.58 Å². The van der Waals surface area contributed by atoms with Gasteiger partial charge in [0, 0.05) is 11.3 Å². The summed E-state index contributed by atoms with van der Waals surface area (Å²) in [4.78, 5) is 20.0. The summed E-state index contributed by atoms with van der Waals surface area (Å²) in [6.45, 7) is 4.15. The molecule has 0 aliphatic rings. The van der Waals surface area contributed by atoms with Crippen LogP contribution >= 0.6 is 0 Å². The molecule has 1 atom stereocenters. The van der Waals surface area contributed by atoms with Gasteiger partial charge in [0.25, 0.3) is 5.91 Å². The fourth-order valence-corrected chi connectivity index (χ4v) is 3.42. The molecule has 1 heterocycles. The minimum absolute atomic E-state index is 0.0762. The Morgan fingerprint density at radius 3 is 2.11 bits per heavy atom. The molecular formula is C24H22N2O2. The van der Waals surface area contributed by atoms with Crippen LogP contribution in [-0.2, 0) is 0 Å². The lowest BCUT2D eigenvalue weighted by Crippen LogP contribution is -2.37. The van der Waals surface area contributed by atoms with Crippen molar-refractivity contribution < 1.29 is 9.21 Å². The molecule has 0 saturated heterocycles. The lowest BCUT2D eigenvalue weighted by Gasteiger charge is -2.32. The molecule has 4 nitrogen and oxygen atoms in total. The van der Waals surface area contributed by atoms with Crippen molar-refractivity contribution in [3.05, 3.63) is 96.4 Å². The molecule has 4 rings (SSSR count). The lowest BCUT2D eigenvalue weighted by molar-refractivity contribution is 0.0964. The average molecular weight is 370 g/mol. The van der Waals surface area contributed by atoms with Gasteiger partial charge in [-0.2, -0.15) is 0 Å². The molecule has 0 aliphatic heterocycles. The van der Waals surface area contributed by atoms with Crippen LogP contribution < -0.4 is 4.90 Å². The number of amides is 1. The third kappa shape index (κ3) is 3.41. The Kier molecular flexibility index (Phi) is 4.94. The third-order valence-corrected chi connectivity index (χ3v) is 4.75. The molecule has 4 aromatic rings. The molecule has 0 saturated carbocycles. The quantitative estimate of drug-likeness (QED) is 0.441. The Bertz CT molecular complexity index is 1040. The van der Waals surface area contributed by atoms with Gasteiger partial charge in [0.1, 0.15) is 11.6 Å². The number of carbonyl (C=O) groups excluding carboxylic acids is 1. The summed E-state index contributed by atoms with van der Waals surface area (Å²) < 4.78 is 6.07. The molecular weight excluding hydrogens is 348 g/mol. The average Bonchev–Trinajstić information content (AvgIpc) is 3.16. The first-order valence-corrected chi connectivity index (χ1v) is 9.44. The molecule has 1 unspecified atom stereocenters. The number of oxazole rings is 1. The van der Waals surface area contributed by atoms with Gasteiger partial charge in [-0.25, -0.2) is 4.98 Å². The molecule has 0 fully saturated rings. The van der Waals surface area contributed by atoms with E-state index in [1.165, 1.54) is 0 Å². The van der Waals surface area contributed by atoms with Crippen molar-refractivity contribution in [1.82, 2.24) is 4.98 Å². The maximum absolute atomic E-state index is 13.5. The van der Waals surface area contributed by atoms with Crippen LogP contribution in [0.25, 0.3) is 11.1 Å². The summed E-state index contributed by atoms with van der Waals surface area (Å²) in [6, 6.07) is 26.4. The van der Waals surface area contributed by atoms with Crippen LogP contribution in [-0.4, -0.2) is 10.9 Å². The first-order valence-electron chi connectivity index (χ1n) is 9.44. The predicted molar refractivity (Wildman–Crippen MR) is 111 cm³/mol. The maximum Gasteiger partial charge on any atom is 0.259 e. The SMILES string of the molecule is CC(C)C(c1nc2ccccc2o1)N(C(=O)c1ccccc1)c1ccccc1. The van der Waals surface area contributed by atoms with Crippen molar-refractivity contribution in [2.24, 2.45) is 5.92 Å². The van der Waals surface area contributed by atoms with E-state index in [1.54, 1.807) is 4.90 Å². The van der Waals surface area contributed by atoms with Gasteiger partial charge >= 0.3 is 0 Å². The number of benzene rings is 3. The van der Waals surface area contributed by atoms with Gasteiger partial charge in [0.05, 0.1) is 0 Å². The highest BCUT2D eigenvalue weighted by Crippen LogP contribution is 2.35. The first kappa shape index (κ1) is 18.0. The van der Waals surface area contributed by atoms with Crippen molar-refractivity contribution in [1.29, 1.82) is 0 Å². The van der Waals surface area contributed by atoms with Gasteiger partial charge < -0.3 is 4.42 Å². The molecule has 3 aromatic carbocycles. The number of nitrogens with zero attached hydrogens (tertiary/aromatic N) is 2. The molecule has 0 aliphatic carbocycles. The number of hydrogen-bond acceptors (Lipinski definition) is 3. The Balaban J connectivity index is 1.86. The van der Waals surface area contributed by atoms with E-state index in [-0.39, 0.29) is 17.9 Å². The summed E-state index contributed by atoms with van der Waals surface area (Å²) in [7, 11) is 0. The second kappa shape index (κ2) is 7.69. The second-order valence-electron chi connectivity index (χ2n) is 7.09. The van der Waals surface area contributed by atoms with Gasteiger partial charge in [-0.3, -0.25) is 9.69 Å². The molecule has 0 radical (unpaired) electrons. The molecule has 0 spiro atoms. The van der Waals surface area contributed by atoms with E-state index in [2.05, 4.69) is 13.8 Å². The van der Waals surface area contributed by atoms with Crippen LogP contribution in [0.5, 0.6) is 0 Å². The molecule has 0 bridgehead atoms. The second-order valence-corrected chi connectivity index (χ2v) is 7.09. The summed E-state index contributed by atoms with van der Waals surface area (Å²) >= 11 is 0. The maximum atomic E-state index is 13.5. The standard InChI is InChI=1S/C24H22N2O2/c1-17(2)22(23-25-20-15-9-10-16-21(20)28-23)26(19-13-7-4-8-14-19)24(27)18-11-5-3-6-12-18/h3-17,22H,1-2H3. The van der Waals surface area contributed by atoms with Crippen LogP contribution in [0.2, 0.25) is 0 Å². The van der Waals surface area contributed by atoms with Crippen molar-refractivity contribution in [3.63, 3.8) is 0 Å². The Hall–Kier alpha value is -3.40. The highest BCUT2D eigenvalue weighted by atomic mass is 16.3. The monoisotopic (exact) mass is 370 g/mol. The molecule has 28 heavy (non-hydrogen) atoms. The van der Waals surface area contributed by atoms with Crippen molar-refractivity contribution in [2.45, 2.75) is 19.9 Å². The molecule has 1 aromatic heterocycles. The van der Waals surface area contributed by atoms with E-state index in [4.69, 9.17) is 9.40 Å². The number of para-hydroxylation sites is 3. The van der Waals surface area contributed by atoms with Gasteiger partial charge in [0.2, 0.25) is 5.89 Å². The van der Waals surface area contributed by atoms with Crippen molar-refractivity contribution in [2.75, 3.05) is 4.90 Å². The number of rotatable bonds is 5. The van der Waals surface area contributed by atoms with Crippen LogP contribution in [0.1, 0.15) is 36.1 Å². The number of aromatic nitrogens is 1. The summed E-state index contributed by atoms with van der Waals surface area (Å²) in [5, 5.41) is 0. The number of hydrogen-bond donors (Lipinski definition) is 0. The Morgan fingerprint density at radius 2 is 1.46 bits per heavy atom. The third-order valence-electron chi connectivity index (χ3n) is 4.75. The summed E-state index contributed by atoms with van der Waals surface area (Å²) in [6.07, 6.45) is 0. The van der Waals surface area contributed by atoms with E-state index in [9.17, 15) is 4.79 Å². The lowest BCUT2D eigenvalue weighted by atomic mass is 10.00. The predicted octanol–water partition coefficient (Wildman–Crippen LogP) is 5.87. The molecule has 0 N–H and O–H groups in total. The highest BCUT2D eigenvalue weighted by molar-refractivity contribution is 6.06. The van der Waals surface area contributed by atoms with E-state index in [1.807, 2.05) is 84.9 Å². The van der Waals surface area contributed by atoms with E-state index in [0.29, 0.717) is 11.5 Å². The van der Waals surface area contributed by atoms with Crippen molar-refractivity contribution >= 4 is 22.7 Å². The summed E-state index contributed by atoms with van der Waals surface area (Å²) in [5.74, 6) is 0.568. The van der Waals surface area contributed by atoms with Gasteiger partial charge in [-0.1, -0.05) is 62.4 Å². The number of fused-ring (bicyclic) bond motifs is 1. The van der Waals surface area contributed by atoms with Crippen LogP contribution in [0.4, 0.5) is 5.69 Å². The van der Waals surface area contributed by atoms with E-state index in [0.717, 1.165) is 16.8 Å². The zero-order chi connectivity index (χ0) is 19.5. The van der Waals surface area contributed by atoms with Crippen LogP contribution in [0.15, 0.2) is 89.3 Å².